The van der Waals surface area contributed by atoms with E-state index < -0.39 is 0 Å². The summed E-state index contributed by atoms with van der Waals surface area (Å²) >= 11 is 0. The van der Waals surface area contributed by atoms with Gasteiger partial charge in [0.05, 0.1) is 0 Å². The van der Waals surface area contributed by atoms with E-state index in [2.05, 4.69) is 34.8 Å². The van der Waals surface area contributed by atoms with E-state index in [1.165, 1.54) is 25.7 Å². The van der Waals surface area contributed by atoms with Crippen molar-refractivity contribution in [3.05, 3.63) is 17.6 Å². The number of anilines is 1. The zero-order chi connectivity index (χ0) is 15.2. The highest BCUT2D eigenvalue weighted by Crippen LogP contribution is 2.26. The van der Waals surface area contributed by atoms with Crippen molar-refractivity contribution in [2.45, 2.75) is 53.1 Å². The molecule has 0 aliphatic carbocycles. The molecule has 21 heavy (non-hydrogen) atoms. The molecule has 0 amide bonds. The number of nitrogens with zero attached hydrogens (tertiary/aromatic N) is 3. The summed E-state index contributed by atoms with van der Waals surface area (Å²) in [5.41, 5.74) is 1.02. The highest BCUT2D eigenvalue weighted by molar-refractivity contribution is 5.40. The molecule has 1 fully saturated rings. The third kappa shape index (κ3) is 4.95. The highest BCUT2D eigenvalue weighted by atomic mass is 16.5. The number of hydrogen-bond donors (Lipinski definition) is 0. The van der Waals surface area contributed by atoms with Crippen LogP contribution in [0.15, 0.2) is 6.07 Å². The Morgan fingerprint density at radius 3 is 2.62 bits per heavy atom. The summed E-state index contributed by atoms with van der Waals surface area (Å²) in [6.07, 6.45) is 5.31. The van der Waals surface area contributed by atoms with Crippen LogP contribution >= 0.6 is 0 Å². The van der Waals surface area contributed by atoms with Crippen molar-refractivity contribution < 1.29 is 4.74 Å². The summed E-state index contributed by atoms with van der Waals surface area (Å²) < 4.78 is 5.15. The summed E-state index contributed by atoms with van der Waals surface area (Å²) in [5.74, 6) is 3.57. The Bertz CT molecular complexity index is 440. The topological polar surface area (TPSA) is 38.2 Å². The first kappa shape index (κ1) is 16.2. The Hall–Kier alpha value is -1.16. The molecule has 1 saturated heterocycles. The Morgan fingerprint density at radius 1 is 1.29 bits per heavy atom. The molecule has 4 heteroatoms. The van der Waals surface area contributed by atoms with Crippen LogP contribution in [-0.4, -0.2) is 30.2 Å². The van der Waals surface area contributed by atoms with Crippen LogP contribution in [0.4, 0.5) is 5.82 Å². The SMILES string of the molecule is COCc1nc(C)cc(N2CCC(CCC(C)C)CC2)n1. The van der Waals surface area contributed by atoms with Gasteiger partial charge in [-0.3, -0.25) is 0 Å². The van der Waals surface area contributed by atoms with Gasteiger partial charge in [0.1, 0.15) is 12.4 Å². The van der Waals surface area contributed by atoms with E-state index in [1.54, 1.807) is 7.11 Å². The number of piperidine rings is 1. The van der Waals surface area contributed by atoms with Gasteiger partial charge in [-0.05, 0) is 31.6 Å². The second kappa shape index (κ2) is 7.74. The largest absolute Gasteiger partial charge is 0.377 e. The fourth-order valence-corrected chi connectivity index (χ4v) is 2.99. The molecule has 0 spiro atoms. The Kier molecular flexibility index (Phi) is 5.97. The van der Waals surface area contributed by atoms with Gasteiger partial charge in [-0.25, -0.2) is 9.97 Å². The maximum Gasteiger partial charge on any atom is 0.156 e. The van der Waals surface area contributed by atoms with Crippen molar-refractivity contribution in [2.75, 3.05) is 25.1 Å². The Labute approximate surface area is 128 Å². The number of hydrogen-bond acceptors (Lipinski definition) is 4. The minimum atomic E-state index is 0.486. The second-order valence-electron chi connectivity index (χ2n) is 6.62. The lowest BCUT2D eigenvalue weighted by Crippen LogP contribution is -2.34. The lowest BCUT2D eigenvalue weighted by atomic mass is 9.89. The van der Waals surface area contributed by atoms with Gasteiger partial charge in [-0.2, -0.15) is 0 Å². The van der Waals surface area contributed by atoms with Gasteiger partial charge in [0.2, 0.25) is 0 Å². The van der Waals surface area contributed by atoms with Crippen LogP contribution in [0.1, 0.15) is 51.0 Å². The van der Waals surface area contributed by atoms with Crippen LogP contribution in [0.2, 0.25) is 0 Å². The summed E-state index contributed by atoms with van der Waals surface area (Å²) in [7, 11) is 1.69. The van der Waals surface area contributed by atoms with E-state index in [0.29, 0.717) is 6.61 Å². The molecular weight excluding hydrogens is 262 g/mol. The highest BCUT2D eigenvalue weighted by Gasteiger charge is 2.20. The fourth-order valence-electron chi connectivity index (χ4n) is 2.99. The average molecular weight is 291 g/mol. The van der Waals surface area contributed by atoms with Crippen LogP contribution in [0, 0.1) is 18.8 Å². The standard InChI is InChI=1S/C17H29N3O/c1-13(2)5-6-15-7-9-20(10-8-15)17-11-14(3)18-16(19-17)12-21-4/h11,13,15H,5-10,12H2,1-4H3. The first-order valence-electron chi connectivity index (χ1n) is 8.17. The van der Waals surface area contributed by atoms with E-state index in [0.717, 1.165) is 42.3 Å². The smallest absolute Gasteiger partial charge is 0.156 e. The molecule has 118 valence electrons. The minimum absolute atomic E-state index is 0.486. The first-order valence-corrected chi connectivity index (χ1v) is 8.17. The van der Waals surface area contributed by atoms with E-state index in [-0.39, 0.29) is 0 Å². The quantitative estimate of drug-likeness (QED) is 0.803. The molecule has 1 aliphatic rings. The molecule has 0 aromatic carbocycles. The summed E-state index contributed by atoms with van der Waals surface area (Å²) in [5, 5.41) is 0. The number of ether oxygens (including phenoxy) is 1. The van der Waals surface area contributed by atoms with Gasteiger partial charge in [-0.1, -0.05) is 26.7 Å². The van der Waals surface area contributed by atoms with E-state index in [9.17, 15) is 0 Å². The van der Waals surface area contributed by atoms with Gasteiger partial charge >= 0.3 is 0 Å². The maximum atomic E-state index is 5.15. The predicted octanol–water partition coefficient (Wildman–Crippen LogP) is 3.58. The molecule has 1 aromatic rings. The lowest BCUT2D eigenvalue weighted by molar-refractivity contribution is 0.177. The van der Waals surface area contributed by atoms with Crippen molar-refractivity contribution in [1.29, 1.82) is 0 Å². The third-order valence-electron chi connectivity index (χ3n) is 4.25. The number of aromatic nitrogens is 2. The zero-order valence-electron chi connectivity index (χ0n) is 13.9. The van der Waals surface area contributed by atoms with Gasteiger partial charge < -0.3 is 9.64 Å². The number of rotatable bonds is 6. The lowest BCUT2D eigenvalue weighted by Gasteiger charge is -2.33. The van der Waals surface area contributed by atoms with Crippen molar-refractivity contribution in [3.8, 4) is 0 Å². The zero-order valence-corrected chi connectivity index (χ0v) is 13.9. The van der Waals surface area contributed by atoms with Crippen LogP contribution in [0.5, 0.6) is 0 Å². The van der Waals surface area contributed by atoms with E-state index in [4.69, 9.17) is 4.74 Å². The fraction of sp³-hybridized carbons (Fsp3) is 0.765. The van der Waals surface area contributed by atoms with Crippen LogP contribution < -0.4 is 4.90 Å². The predicted molar refractivity (Wildman–Crippen MR) is 86.5 cm³/mol. The minimum Gasteiger partial charge on any atom is -0.377 e. The number of aryl methyl sites for hydroxylation is 1. The molecule has 0 N–H and O–H groups in total. The van der Waals surface area contributed by atoms with Gasteiger partial charge in [0, 0.05) is 32.0 Å². The van der Waals surface area contributed by atoms with Crippen molar-refractivity contribution in [3.63, 3.8) is 0 Å². The second-order valence-corrected chi connectivity index (χ2v) is 6.62. The average Bonchev–Trinajstić information content (AvgIpc) is 2.45. The molecule has 0 radical (unpaired) electrons. The molecule has 0 unspecified atom stereocenters. The van der Waals surface area contributed by atoms with Crippen molar-refractivity contribution in [2.24, 2.45) is 11.8 Å². The van der Waals surface area contributed by atoms with Gasteiger partial charge in [-0.15, -0.1) is 0 Å². The first-order chi connectivity index (χ1) is 10.1. The summed E-state index contributed by atoms with van der Waals surface area (Å²) in [6, 6.07) is 2.09. The molecule has 2 heterocycles. The summed E-state index contributed by atoms with van der Waals surface area (Å²) in [6.45, 7) is 9.38. The molecule has 4 nitrogen and oxygen atoms in total. The van der Waals surface area contributed by atoms with Crippen LogP contribution in [0.25, 0.3) is 0 Å². The molecule has 0 atom stereocenters. The summed E-state index contributed by atoms with van der Waals surface area (Å²) in [4.78, 5) is 11.5. The normalized spacial score (nSPS) is 16.7. The van der Waals surface area contributed by atoms with Crippen molar-refractivity contribution >= 4 is 5.82 Å². The molecule has 0 bridgehead atoms. The molecule has 1 aromatic heterocycles. The van der Waals surface area contributed by atoms with Crippen molar-refractivity contribution in [1.82, 2.24) is 9.97 Å². The molecule has 1 aliphatic heterocycles. The maximum absolute atomic E-state index is 5.15. The number of methoxy groups -OCH3 is 1. The van der Waals surface area contributed by atoms with Gasteiger partial charge in [0.15, 0.2) is 5.82 Å². The van der Waals surface area contributed by atoms with Crippen LogP contribution in [0.3, 0.4) is 0 Å². The van der Waals surface area contributed by atoms with E-state index >= 15 is 0 Å². The molecular formula is C17H29N3O. The van der Waals surface area contributed by atoms with E-state index in [1.807, 2.05) is 6.92 Å². The Morgan fingerprint density at radius 2 is 2.00 bits per heavy atom. The third-order valence-corrected chi connectivity index (χ3v) is 4.25. The van der Waals surface area contributed by atoms with Gasteiger partial charge in [0.25, 0.3) is 0 Å². The van der Waals surface area contributed by atoms with Crippen LogP contribution in [-0.2, 0) is 11.3 Å². The Balaban J connectivity index is 1.92. The molecule has 0 saturated carbocycles. The monoisotopic (exact) mass is 291 g/mol. The molecule has 2 rings (SSSR count).